The number of thiophene rings is 1. The summed E-state index contributed by atoms with van der Waals surface area (Å²) in [6.45, 7) is 4.28. The van der Waals surface area contributed by atoms with Crippen LogP contribution in [0.15, 0.2) is 35.7 Å². The lowest BCUT2D eigenvalue weighted by Crippen LogP contribution is -2.27. The molecule has 110 valence electrons. The summed E-state index contributed by atoms with van der Waals surface area (Å²) in [5, 5.41) is 3.44. The lowest BCUT2D eigenvalue weighted by atomic mass is 10.0. The molecule has 1 aliphatic rings. The second-order valence-corrected chi connectivity index (χ2v) is 6.93. The third-order valence-electron chi connectivity index (χ3n) is 4.31. The van der Waals surface area contributed by atoms with Gasteiger partial charge in [0.1, 0.15) is 0 Å². The fraction of sp³-hybridized carbons (Fsp3) is 0.263. The summed E-state index contributed by atoms with van der Waals surface area (Å²) in [4.78, 5) is 3.51. The molecule has 0 fully saturated rings. The molecular weight excluding hydrogens is 288 g/mol. The van der Waals surface area contributed by atoms with Crippen molar-refractivity contribution in [3.8, 4) is 12.0 Å². The molecule has 1 aliphatic heterocycles. The van der Waals surface area contributed by atoms with E-state index in [2.05, 4.69) is 71.1 Å². The molecule has 3 heteroatoms. The molecule has 0 saturated heterocycles. The van der Waals surface area contributed by atoms with E-state index >= 15 is 0 Å². The van der Waals surface area contributed by atoms with E-state index in [9.17, 15) is 0 Å². The van der Waals surface area contributed by atoms with E-state index in [0.29, 0.717) is 0 Å². The molecule has 1 aromatic carbocycles. The average Bonchev–Trinajstić information content (AvgIpc) is 3.11. The first kappa shape index (κ1) is 13.6. The summed E-state index contributed by atoms with van der Waals surface area (Å²) < 4.78 is 2.22. The second kappa shape index (κ2) is 5.31. The molecule has 2 aromatic heterocycles. The molecule has 0 saturated carbocycles. The Kier molecular flexibility index (Phi) is 3.29. The third kappa shape index (κ3) is 2.25. The minimum atomic E-state index is 1.02. The van der Waals surface area contributed by atoms with Gasteiger partial charge in [0.15, 0.2) is 0 Å². The fourth-order valence-corrected chi connectivity index (χ4v) is 3.76. The summed E-state index contributed by atoms with van der Waals surface area (Å²) in [7, 11) is 2.19. The van der Waals surface area contributed by atoms with Gasteiger partial charge in [0.2, 0.25) is 0 Å². The summed E-state index contributed by atoms with van der Waals surface area (Å²) in [5.41, 5.74) is 5.40. The molecule has 0 bridgehead atoms. The first-order chi connectivity index (χ1) is 10.7. The van der Waals surface area contributed by atoms with E-state index in [-0.39, 0.29) is 0 Å². The predicted octanol–water partition coefficient (Wildman–Crippen LogP) is 3.86. The number of aromatic nitrogens is 1. The highest BCUT2D eigenvalue weighted by molar-refractivity contribution is 7.10. The van der Waals surface area contributed by atoms with Gasteiger partial charge in [-0.05, 0) is 49.0 Å². The normalized spacial score (nSPS) is 14.6. The topological polar surface area (TPSA) is 8.17 Å². The van der Waals surface area contributed by atoms with E-state index < -0.39 is 0 Å². The number of hydrogen-bond donors (Lipinski definition) is 0. The van der Waals surface area contributed by atoms with Crippen LogP contribution in [0.1, 0.15) is 21.7 Å². The number of aryl methyl sites for hydroxylation is 1. The van der Waals surface area contributed by atoms with Crippen molar-refractivity contribution in [3.63, 3.8) is 0 Å². The predicted molar refractivity (Wildman–Crippen MR) is 93.3 cm³/mol. The Balaban J connectivity index is 1.94. The van der Waals surface area contributed by atoms with Gasteiger partial charge >= 0.3 is 0 Å². The van der Waals surface area contributed by atoms with Crippen molar-refractivity contribution in [2.75, 3.05) is 13.6 Å². The van der Waals surface area contributed by atoms with Gasteiger partial charge in [-0.25, -0.2) is 0 Å². The molecule has 0 amide bonds. The summed E-state index contributed by atoms with van der Waals surface area (Å²) in [6, 6.07) is 14.2. The minimum absolute atomic E-state index is 1.02. The number of hydrogen-bond acceptors (Lipinski definition) is 2. The zero-order chi connectivity index (χ0) is 15.1. The highest BCUT2D eigenvalue weighted by Gasteiger charge is 2.21. The van der Waals surface area contributed by atoms with Gasteiger partial charge in [-0.3, -0.25) is 4.57 Å². The number of likely N-dealkylation sites (N-methyl/N-ethyl adjacent to an activating group) is 1. The lowest BCUT2D eigenvalue weighted by Gasteiger charge is -2.23. The van der Waals surface area contributed by atoms with Crippen LogP contribution in [-0.2, 0) is 13.0 Å². The second-order valence-electron chi connectivity index (χ2n) is 5.98. The molecule has 0 spiro atoms. The van der Waals surface area contributed by atoms with Gasteiger partial charge in [-0.2, -0.15) is 0 Å². The Morgan fingerprint density at radius 1 is 1.23 bits per heavy atom. The molecule has 0 atom stereocenters. The van der Waals surface area contributed by atoms with Crippen molar-refractivity contribution >= 4 is 22.2 Å². The van der Waals surface area contributed by atoms with Gasteiger partial charge in [-0.15, -0.1) is 11.3 Å². The van der Waals surface area contributed by atoms with Crippen LogP contribution in [0.4, 0.5) is 0 Å². The Hall–Kier alpha value is -2.02. The van der Waals surface area contributed by atoms with Gasteiger partial charge in [0.25, 0.3) is 0 Å². The summed E-state index contributed by atoms with van der Waals surface area (Å²) in [5.74, 6) is 3.31. The van der Waals surface area contributed by atoms with E-state index in [1.165, 1.54) is 27.7 Å². The van der Waals surface area contributed by atoms with Crippen molar-refractivity contribution in [1.82, 2.24) is 9.47 Å². The Morgan fingerprint density at radius 3 is 2.95 bits per heavy atom. The molecule has 3 aromatic rings. The summed E-state index contributed by atoms with van der Waals surface area (Å²) in [6.07, 6.45) is 1.07. The fourth-order valence-electron chi connectivity index (χ4n) is 3.20. The highest BCUT2D eigenvalue weighted by Crippen LogP contribution is 2.30. The molecule has 3 heterocycles. The smallest absolute Gasteiger partial charge is 0.0787 e. The van der Waals surface area contributed by atoms with Crippen molar-refractivity contribution in [2.45, 2.75) is 19.9 Å². The first-order valence-corrected chi connectivity index (χ1v) is 8.47. The van der Waals surface area contributed by atoms with Crippen molar-refractivity contribution in [2.24, 2.45) is 0 Å². The Bertz CT molecular complexity index is 891. The summed E-state index contributed by atoms with van der Waals surface area (Å²) >= 11 is 1.70. The van der Waals surface area contributed by atoms with Crippen LogP contribution >= 0.6 is 11.3 Å². The van der Waals surface area contributed by atoms with E-state index in [4.69, 9.17) is 0 Å². The number of rotatable bonds is 0. The quantitative estimate of drug-likeness (QED) is 0.573. The molecule has 2 nitrogen and oxygen atoms in total. The molecule has 0 unspecified atom stereocenters. The monoisotopic (exact) mass is 306 g/mol. The zero-order valence-corrected chi connectivity index (χ0v) is 13.7. The maximum absolute atomic E-state index is 3.39. The van der Waals surface area contributed by atoms with Crippen LogP contribution in [0.25, 0.3) is 10.9 Å². The highest BCUT2D eigenvalue weighted by atomic mass is 32.1. The van der Waals surface area contributed by atoms with Gasteiger partial charge in [0, 0.05) is 36.6 Å². The van der Waals surface area contributed by atoms with E-state index in [1.54, 1.807) is 11.3 Å². The maximum atomic E-state index is 3.39. The van der Waals surface area contributed by atoms with Crippen molar-refractivity contribution in [1.29, 1.82) is 0 Å². The van der Waals surface area contributed by atoms with Crippen LogP contribution in [0.2, 0.25) is 0 Å². The van der Waals surface area contributed by atoms with Crippen molar-refractivity contribution < 1.29 is 0 Å². The molecular formula is C19H18N2S. The minimum Gasteiger partial charge on any atom is -0.302 e. The molecule has 0 N–H and O–H groups in total. The van der Waals surface area contributed by atoms with Crippen LogP contribution < -0.4 is 0 Å². The van der Waals surface area contributed by atoms with Crippen LogP contribution in [0.5, 0.6) is 0 Å². The van der Waals surface area contributed by atoms with E-state index in [1.807, 2.05) is 0 Å². The number of fused-ring (bicyclic) bond motifs is 3. The number of nitrogens with zero attached hydrogens (tertiary/aromatic N) is 2. The average molecular weight is 306 g/mol. The molecule has 0 radical (unpaired) electrons. The van der Waals surface area contributed by atoms with Gasteiger partial charge < -0.3 is 4.90 Å². The molecule has 22 heavy (non-hydrogen) atoms. The zero-order valence-electron chi connectivity index (χ0n) is 12.9. The standard InChI is InChI=1S/C19H18N2S/c1-14-5-6-18-16(12-14)17-13-20(2)9-8-19(17)21(18)10-7-15-4-3-11-22-15/h3-6,11-12H,8-9,13H2,1-2H3. The van der Waals surface area contributed by atoms with Gasteiger partial charge in [-0.1, -0.05) is 17.7 Å². The van der Waals surface area contributed by atoms with Gasteiger partial charge in [0.05, 0.1) is 10.4 Å². The largest absolute Gasteiger partial charge is 0.302 e. The number of benzene rings is 1. The first-order valence-electron chi connectivity index (χ1n) is 7.59. The van der Waals surface area contributed by atoms with E-state index in [0.717, 1.165) is 24.4 Å². The Labute approximate surface area is 135 Å². The van der Waals surface area contributed by atoms with Crippen LogP contribution in [0.3, 0.4) is 0 Å². The maximum Gasteiger partial charge on any atom is 0.0787 e. The third-order valence-corrected chi connectivity index (χ3v) is 5.09. The molecule has 4 rings (SSSR count). The van der Waals surface area contributed by atoms with Crippen molar-refractivity contribution in [3.05, 3.63) is 57.4 Å². The molecule has 0 aliphatic carbocycles. The SMILES string of the molecule is Cc1ccc2c(c1)c1c(n2C#Cc2cccs2)CCN(C)C1. The Morgan fingerprint density at radius 2 is 2.14 bits per heavy atom. The van der Waals surface area contributed by atoms with Crippen LogP contribution in [0, 0.1) is 18.9 Å². The lowest BCUT2D eigenvalue weighted by molar-refractivity contribution is 0.311. The van der Waals surface area contributed by atoms with Crippen LogP contribution in [-0.4, -0.2) is 23.1 Å².